The van der Waals surface area contributed by atoms with Crippen LogP contribution < -0.4 is 11.1 Å². The third kappa shape index (κ3) is 2.48. The lowest BCUT2D eigenvalue weighted by Gasteiger charge is -2.17. The van der Waals surface area contributed by atoms with E-state index in [1.807, 2.05) is 0 Å². The van der Waals surface area contributed by atoms with Crippen molar-refractivity contribution >= 4 is 5.91 Å². The summed E-state index contributed by atoms with van der Waals surface area (Å²) < 4.78 is 13.8. The van der Waals surface area contributed by atoms with Crippen molar-refractivity contribution in [1.29, 1.82) is 0 Å². The molecule has 102 valence electrons. The van der Waals surface area contributed by atoms with Crippen LogP contribution in [0.3, 0.4) is 0 Å². The van der Waals surface area contributed by atoms with Crippen LogP contribution in [0.4, 0.5) is 4.39 Å². The number of fused-ring (bicyclic) bond motifs is 1. The SMILES string of the molecule is NC(=O)c1ccc(F)c(CN2C[C@H]3CNC[C@H]3C2)c1. The van der Waals surface area contributed by atoms with Gasteiger partial charge in [0.25, 0.3) is 0 Å². The van der Waals surface area contributed by atoms with Crippen LogP contribution in [0.2, 0.25) is 0 Å². The van der Waals surface area contributed by atoms with Gasteiger partial charge in [0.2, 0.25) is 5.91 Å². The van der Waals surface area contributed by atoms with Gasteiger partial charge in [0.15, 0.2) is 0 Å². The molecule has 0 aromatic heterocycles. The van der Waals surface area contributed by atoms with Crippen LogP contribution in [0, 0.1) is 17.7 Å². The second-order valence-electron chi connectivity index (χ2n) is 5.54. The highest BCUT2D eigenvalue weighted by Crippen LogP contribution is 2.27. The van der Waals surface area contributed by atoms with E-state index in [1.54, 1.807) is 6.07 Å². The molecule has 3 rings (SSSR count). The monoisotopic (exact) mass is 263 g/mol. The van der Waals surface area contributed by atoms with E-state index in [4.69, 9.17) is 5.73 Å². The van der Waals surface area contributed by atoms with Gasteiger partial charge in [0.1, 0.15) is 5.82 Å². The Labute approximate surface area is 111 Å². The molecule has 2 fully saturated rings. The fraction of sp³-hybridized carbons (Fsp3) is 0.500. The molecule has 2 aliphatic rings. The van der Waals surface area contributed by atoms with Crippen LogP contribution >= 0.6 is 0 Å². The Bertz CT molecular complexity index is 493. The van der Waals surface area contributed by atoms with Gasteiger partial charge in [-0.2, -0.15) is 0 Å². The molecule has 2 aliphatic heterocycles. The third-order valence-corrected chi connectivity index (χ3v) is 4.19. The zero-order valence-electron chi connectivity index (χ0n) is 10.7. The van der Waals surface area contributed by atoms with Gasteiger partial charge >= 0.3 is 0 Å². The standard InChI is InChI=1S/C14H18FN3O/c15-13-2-1-9(14(16)19)3-10(13)6-18-7-11-4-17-5-12(11)8-18/h1-3,11-12,17H,4-8H2,(H2,16,19)/t11-,12+. The van der Waals surface area contributed by atoms with E-state index in [9.17, 15) is 9.18 Å². The molecule has 2 atom stereocenters. The normalized spacial score (nSPS) is 26.6. The first-order valence-electron chi connectivity index (χ1n) is 6.65. The van der Waals surface area contributed by atoms with Crippen molar-refractivity contribution in [1.82, 2.24) is 10.2 Å². The van der Waals surface area contributed by atoms with Crippen molar-refractivity contribution in [2.75, 3.05) is 26.2 Å². The van der Waals surface area contributed by atoms with Gasteiger partial charge in [-0.05, 0) is 43.1 Å². The second kappa shape index (κ2) is 4.90. The number of primary amides is 1. The summed E-state index contributed by atoms with van der Waals surface area (Å²) in [7, 11) is 0. The molecule has 1 aromatic rings. The molecule has 0 unspecified atom stereocenters. The molecule has 1 amide bonds. The average molecular weight is 263 g/mol. The van der Waals surface area contributed by atoms with Gasteiger partial charge in [0.05, 0.1) is 0 Å². The predicted octanol–water partition coefficient (Wildman–Crippen LogP) is 0.576. The molecule has 5 heteroatoms. The predicted molar refractivity (Wildman–Crippen MR) is 70.0 cm³/mol. The summed E-state index contributed by atoms with van der Waals surface area (Å²) >= 11 is 0. The highest BCUT2D eigenvalue weighted by molar-refractivity contribution is 5.92. The van der Waals surface area contributed by atoms with Gasteiger partial charge in [-0.3, -0.25) is 9.69 Å². The molecular formula is C14H18FN3O. The summed E-state index contributed by atoms with van der Waals surface area (Å²) in [6.45, 7) is 4.67. The summed E-state index contributed by atoms with van der Waals surface area (Å²) in [6, 6.07) is 4.34. The molecule has 4 nitrogen and oxygen atoms in total. The molecule has 0 radical (unpaired) electrons. The minimum atomic E-state index is -0.510. The lowest BCUT2D eigenvalue weighted by Crippen LogP contribution is -2.26. The second-order valence-corrected chi connectivity index (χ2v) is 5.54. The highest BCUT2D eigenvalue weighted by atomic mass is 19.1. The van der Waals surface area contributed by atoms with Crippen LogP contribution in [0.5, 0.6) is 0 Å². The lowest BCUT2D eigenvalue weighted by atomic mass is 10.0. The third-order valence-electron chi connectivity index (χ3n) is 4.19. The number of nitrogens with two attached hydrogens (primary N) is 1. The van der Waals surface area contributed by atoms with E-state index in [0.717, 1.165) is 26.2 Å². The summed E-state index contributed by atoms with van der Waals surface area (Å²) in [5.74, 6) is 0.591. The minimum Gasteiger partial charge on any atom is -0.366 e. The maximum Gasteiger partial charge on any atom is 0.248 e. The van der Waals surface area contributed by atoms with Crippen LogP contribution in [0.25, 0.3) is 0 Å². The molecule has 0 spiro atoms. The van der Waals surface area contributed by atoms with E-state index in [-0.39, 0.29) is 5.82 Å². The summed E-state index contributed by atoms with van der Waals surface area (Å²) in [6.07, 6.45) is 0. The fourth-order valence-electron chi connectivity index (χ4n) is 3.17. The number of hydrogen-bond donors (Lipinski definition) is 2. The number of nitrogens with zero attached hydrogens (tertiary/aromatic N) is 1. The quantitative estimate of drug-likeness (QED) is 0.838. The summed E-state index contributed by atoms with van der Waals surface area (Å²) in [5.41, 5.74) is 6.16. The first-order valence-corrected chi connectivity index (χ1v) is 6.65. The number of benzene rings is 1. The van der Waals surface area contributed by atoms with Crippen LogP contribution in [0.15, 0.2) is 18.2 Å². The Morgan fingerprint density at radius 3 is 2.68 bits per heavy atom. The summed E-state index contributed by atoms with van der Waals surface area (Å²) in [4.78, 5) is 13.4. The van der Waals surface area contributed by atoms with Gasteiger partial charge in [0, 0.05) is 30.8 Å². The van der Waals surface area contributed by atoms with Crippen LogP contribution in [-0.2, 0) is 6.54 Å². The van der Waals surface area contributed by atoms with E-state index in [1.165, 1.54) is 12.1 Å². The van der Waals surface area contributed by atoms with Gasteiger partial charge < -0.3 is 11.1 Å². The maximum atomic E-state index is 13.8. The first kappa shape index (κ1) is 12.6. The van der Waals surface area contributed by atoms with Crippen molar-refractivity contribution < 1.29 is 9.18 Å². The molecule has 0 saturated carbocycles. The number of carbonyl (C=O) groups excluding carboxylic acids is 1. The highest BCUT2D eigenvalue weighted by Gasteiger charge is 2.36. The lowest BCUT2D eigenvalue weighted by molar-refractivity contribution is 0.1000. The van der Waals surface area contributed by atoms with Gasteiger partial charge in [-0.25, -0.2) is 4.39 Å². The van der Waals surface area contributed by atoms with Crippen molar-refractivity contribution in [2.45, 2.75) is 6.54 Å². The van der Waals surface area contributed by atoms with E-state index in [2.05, 4.69) is 10.2 Å². The maximum absolute atomic E-state index is 13.8. The van der Waals surface area contributed by atoms with Crippen molar-refractivity contribution in [3.63, 3.8) is 0 Å². The number of rotatable bonds is 3. The Morgan fingerprint density at radius 1 is 1.37 bits per heavy atom. The van der Waals surface area contributed by atoms with Crippen LogP contribution in [0.1, 0.15) is 15.9 Å². The zero-order valence-corrected chi connectivity index (χ0v) is 10.7. The fourth-order valence-corrected chi connectivity index (χ4v) is 3.17. The smallest absolute Gasteiger partial charge is 0.248 e. The Hall–Kier alpha value is -1.46. The van der Waals surface area contributed by atoms with E-state index in [0.29, 0.717) is 29.5 Å². The number of amides is 1. The Kier molecular flexibility index (Phi) is 3.24. The topological polar surface area (TPSA) is 58.4 Å². The number of halogens is 1. The van der Waals surface area contributed by atoms with E-state index >= 15 is 0 Å². The number of carbonyl (C=O) groups is 1. The number of nitrogens with one attached hydrogen (secondary N) is 1. The van der Waals surface area contributed by atoms with Gasteiger partial charge in [-0.15, -0.1) is 0 Å². The van der Waals surface area contributed by atoms with E-state index < -0.39 is 5.91 Å². The number of hydrogen-bond acceptors (Lipinski definition) is 3. The zero-order chi connectivity index (χ0) is 13.4. The minimum absolute atomic E-state index is 0.264. The van der Waals surface area contributed by atoms with Crippen molar-refractivity contribution in [3.05, 3.63) is 35.1 Å². The molecular weight excluding hydrogens is 245 g/mol. The molecule has 19 heavy (non-hydrogen) atoms. The number of likely N-dealkylation sites (tertiary alicyclic amines) is 1. The molecule has 3 N–H and O–H groups in total. The molecule has 2 saturated heterocycles. The molecule has 0 aliphatic carbocycles. The Balaban J connectivity index is 1.73. The summed E-state index contributed by atoms with van der Waals surface area (Å²) in [5, 5.41) is 3.38. The van der Waals surface area contributed by atoms with Crippen molar-refractivity contribution in [3.8, 4) is 0 Å². The average Bonchev–Trinajstić information content (AvgIpc) is 2.92. The van der Waals surface area contributed by atoms with Gasteiger partial charge in [-0.1, -0.05) is 0 Å². The van der Waals surface area contributed by atoms with Crippen LogP contribution in [-0.4, -0.2) is 37.0 Å². The van der Waals surface area contributed by atoms with Crippen molar-refractivity contribution in [2.24, 2.45) is 17.6 Å². The molecule has 2 heterocycles. The first-order chi connectivity index (χ1) is 9.13. The largest absolute Gasteiger partial charge is 0.366 e. The molecule has 1 aromatic carbocycles. The Morgan fingerprint density at radius 2 is 2.05 bits per heavy atom. The molecule has 0 bridgehead atoms.